The average Bonchev–Trinajstić information content (AvgIpc) is 2.46. The second-order valence-corrected chi connectivity index (χ2v) is 5.86. The van der Waals surface area contributed by atoms with E-state index in [1.807, 2.05) is 4.99 Å². The van der Waals surface area contributed by atoms with Crippen molar-refractivity contribution in [3.63, 3.8) is 0 Å². The Morgan fingerprint density at radius 1 is 0.857 bits per heavy atom. The Bertz CT molecular complexity index is 326. The first-order chi connectivity index (χ1) is 10.3. The largest absolute Gasteiger partial charge is 0.481 e. The van der Waals surface area contributed by atoms with Gasteiger partial charge in [0.1, 0.15) is 0 Å². The molecule has 1 N–H and O–H groups in total. The first kappa shape index (κ1) is 20.2. The van der Waals surface area contributed by atoms with Crippen LogP contribution in [0.25, 0.3) is 0 Å². The van der Waals surface area contributed by atoms with E-state index in [0.717, 1.165) is 32.1 Å². The van der Waals surface area contributed by atoms with E-state index in [2.05, 4.69) is 33.8 Å². The van der Waals surface area contributed by atoms with Gasteiger partial charge < -0.3 is 5.11 Å². The number of unbranched alkanes of at least 4 members (excludes halogenated alkanes) is 10. The lowest BCUT2D eigenvalue weighted by Gasteiger charge is -1.98. The first-order valence-corrected chi connectivity index (χ1v) is 9.11. The maximum atomic E-state index is 10.3. The Kier molecular flexibility index (Phi) is 16.7. The zero-order valence-electron chi connectivity index (χ0n) is 13.1. The first-order valence-electron chi connectivity index (χ1n) is 8.20. The van der Waals surface area contributed by atoms with Gasteiger partial charge in [-0.3, -0.25) is 4.79 Å². The van der Waals surface area contributed by atoms with E-state index < -0.39 is 5.97 Å². The summed E-state index contributed by atoms with van der Waals surface area (Å²) in [5.74, 6) is 5.72. The van der Waals surface area contributed by atoms with Crippen LogP contribution in [0.1, 0.15) is 83.5 Å². The number of hydrogen-bond acceptors (Lipinski definition) is 1. The van der Waals surface area contributed by atoms with E-state index in [1.54, 1.807) is 0 Å². The SMILES string of the molecule is O=C(O)CCCCCC#CCCCCCCCCC=CBr. The van der Waals surface area contributed by atoms with Gasteiger partial charge in [-0.25, -0.2) is 0 Å². The topological polar surface area (TPSA) is 37.3 Å². The van der Waals surface area contributed by atoms with Crippen molar-refractivity contribution >= 4 is 21.9 Å². The summed E-state index contributed by atoms with van der Waals surface area (Å²) in [5, 5.41) is 8.50. The maximum absolute atomic E-state index is 10.3. The molecule has 0 aliphatic carbocycles. The maximum Gasteiger partial charge on any atom is 0.303 e. The normalized spacial score (nSPS) is 10.5. The summed E-state index contributed by atoms with van der Waals surface area (Å²) in [5.41, 5.74) is 0. The molecular formula is C18H29BrO2. The second-order valence-electron chi connectivity index (χ2n) is 5.33. The van der Waals surface area contributed by atoms with Crippen molar-refractivity contribution in [2.75, 3.05) is 0 Å². The van der Waals surface area contributed by atoms with E-state index >= 15 is 0 Å². The third kappa shape index (κ3) is 19.2. The number of hydrogen-bond donors (Lipinski definition) is 1. The van der Waals surface area contributed by atoms with Crippen molar-refractivity contribution in [2.24, 2.45) is 0 Å². The van der Waals surface area contributed by atoms with Crippen molar-refractivity contribution in [1.29, 1.82) is 0 Å². The minimum Gasteiger partial charge on any atom is -0.481 e. The van der Waals surface area contributed by atoms with Gasteiger partial charge in [0.2, 0.25) is 0 Å². The highest BCUT2D eigenvalue weighted by Crippen LogP contribution is 2.09. The monoisotopic (exact) mass is 356 g/mol. The Labute approximate surface area is 138 Å². The van der Waals surface area contributed by atoms with Crippen molar-refractivity contribution in [1.82, 2.24) is 0 Å². The molecule has 21 heavy (non-hydrogen) atoms. The lowest BCUT2D eigenvalue weighted by Crippen LogP contribution is -1.93. The molecule has 0 heterocycles. The smallest absolute Gasteiger partial charge is 0.303 e. The predicted molar refractivity (Wildman–Crippen MR) is 93.5 cm³/mol. The van der Waals surface area contributed by atoms with E-state index in [-0.39, 0.29) is 0 Å². The molecule has 0 aliphatic heterocycles. The van der Waals surface area contributed by atoms with Gasteiger partial charge in [-0.1, -0.05) is 54.1 Å². The number of aliphatic carboxylic acids is 1. The van der Waals surface area contributed by atoms with Crippen LogP contribution in [-0.2, 0) is 4.79 Å². The van der Waals surface area contributed by atoms with E-state index in [9.17, 15) is 4.79 Å². The van der Waals surface area contributed by atoms with Crippen LogP contribution in [0, 0.1) is 11.8 Å². The molecule has 0 aromatic heterocycles. The molecule has 0 saturated heterocycles. The van der Waals surface area contributed by atoms with Gasteiger partial charge in [0.05, 0.1) is 0 Å². The zero-order chi connectivity index (χ0) is 15.6. The van der Waals surface area contributed by atoms with E-state index in [1.165, 1.54) is 44.9 Å². The van der Waals surface area contributed by atoms with Crippen LogP contribution in [-0.4, -0.2) is 11.1 Å². The van der Waals surface area contributed by atoms with E-state index in [0.29, 0.717) is 6.42 Å². The molecule has 2 nitrogen and oxygen atoms in total. The molecule has 0 aromatic carbocycles. The summed E-state index contributed by atoms with van der Waals surface area (Å²) in [6, 6.07) is 0. The van der Waals surface area contributed by atoms with Gasteiger partial charge in [0, 0.05) is 19.3 Å². The van der Waals surface area contributed by atoms with Crippen LogP contribution < -0.4 is 0 Å². The number of rotatable bonds is 13. The molecule has 120 valence electrons. The minimum atomic E-state index is -0.694. The average molecular weight is 357 g/mol. The molecular weight excluding hydrogens is 328 g/mol. The lowest BCUT2D eigenvalue weighted by atomic mass is 10.1. The second kappa shape index (κ2) is 17.3. The number of carboxylic acids is 1. The van der Waals surface area contributed by atoms with Crippen LogP contribution in [0.4, 0.5) is 0 Å². The summed E-state index contributed by atoms with van der Waals surface area (Å²) >= 11 is 3.28. The number of carboxylic acid groups (broad SMARTS) is 1. The van der Waals surface area contributed by atoms with Crippen LogP contribution in [0.15, 0.2) is 11.1 Å². The molecule has 0 aromatic rings. The fourth-order valence-corrected chi connectivity index (χ4v) is 2.35. The Morgan fingerprint density at radius 2 is 1.38 bits per heavy atom. The van der Waals surface area contributed by atoms with Crippen LogP contribution in [0.5, 0.6) is 0 Å². The molecule has 0 bridgehead atoms. The van der Waals surface area contributed by atoms with Crippen LogP contribution >= 0.6 is 15.9 Å². The lowest BCUT2D eigenvalue weighted by molar-refractivity contribution is -0.137. The highest BCUT2D eigenvalue weighted by Gasteiger charge is 1.95. The summed E-state index contributed by atoms with van der Waals surface area (Å²) in [6.45, 7) is 0. The molecule has 0 amide bonds. The highest BCUT2D eigenvalue weighted by atomic mass is 79.9. The van der Waals surface area contributed by atoms with Gasteiger partial charge in [-0.15, -0.1) is 11.8 Å². The van der Waals surface area contributed by atoms with Gasteiger partial charge in [0.15, 0.2) is 0 Å². The van der Waals surface area contributed by atoms with Gasteiger partial charge >= 0.3 is 5.97 Å². The van der Waals surface area contributed by atoms with Crippen LogP contribution in [0.3, 0.4) is 0 Å². The van der Waals surface area contributed by atoms with Crippen molar-refractivity contribution in [2.45, 2.75) is 83.5 Å². The fraction of sp³-hybridized carbons (Fsp3) is 0.722. The molecule has 0 unspecified atom stereocenters. The van der Waals surface area contributed by atoms with Gasteiger partial charge in [-0.05, 0) is 37.1 Å². The molecule has 0 atom stereocenters. The predicted octanol–water partition coefficient (Wildman–Crippen LogP) is 6.05. The minimum absolute atomic E-state index is 0.291. The molecule has 0 saturated carbocycles. The highest BCUT2D eigenvalue weighted by molar-refractivity contribution is 9.11. The van der Waals surface area contributed by atoms with Crippen LogP contribution in [0.2, 0.25) is 0 Å². The summed E-state index contributed by atoms with van der Waals surface area (Å²) in [7, 11) is 0. The molecule has 0 fully saturated rings. The van der Waals surface area contributed by atoms with Crippen molar-refractivity contribution < 1.29 is 9.90 Å². The number of carbonyl (C=O) groups is 1. The Hall–Kier alpha value is -0.750. The van der Waals surface area contributed by atoms with Crippen molar-refractivity contribution in [3.8, 4) is 11.8 Å². The van der Waals surface area contributed by atoms with E-state index in [4.69, 9.17) is 5.11 Å². The third-order valence-electron chi connectivity index (χ3n) is 3.33. The standard InChI is InChI=1S/C18H29BrO2/c19-17-15-13-11-9-7-5-3-1-2-4-6-8-10-12-14-16-18(20)21/h15,17H,1-3,5,7-14,16H2,(H,20,21). The third-order valence-corrected chi connectivity index (χ3v) is 3.70. The molecule has 0 spiro atoms. The molecule has 0 aliphatic rings. The van der Waals surface area contributed by atoms with Gasteiger partial charge in [0.25, 0.3) is 0 Å². The van der Waals surface area contributed by atoms with Crippen molar-refractivity contribution in [3.05, 3.63) is 11.1 Å². The molecule has 0 radical (unpaired) electrons. The Morgan fingerprint density at radius 3 is 1.95 bits per heavy atom. The number of halogens is 1. The molecule has 0 rings (SSSR count). The summed E-state index contributed by atoms with van der Waals surface area (Å²) < 4.78 is 0. The quantitative estimate of drug-likeness (QED) is 0.322. The number of allylic oxidation sites excluding steroid dienone is 1. The zero-order valence-corrected chi connectivity index (χ0v) is 14.7. The Balaban J connectivity index is 3.14. The summed E-state index contributed by atoms with van der Waals surface area (Å²) in [6.07, 6.45) is 16.2. The van der Waals surface area contributed by atoms with Gasteiger partial charge in [-0.2, -0.15) is 0 Å². The molecule has 3 heteroatoms. The summed E-state index contributed by atoms with van der Waals surface area (Å²) in [4.78, 5) is 12.3. The fourth-order valence-electron chi connectivity index (χ4n) is 2.09.